The molecule has 1 aliphatic carbocycles. The van der Waals surface area contributed by atoms with Crippen LogP contribution in [0.4, 0.5) is 13.2 Å². The molecule has 3 nitrogen and oxygen atoms in total. The third-order valence-corrected chi connectivity index (χ3v) is 3.40. The van der Waals surface area contributed by atoms with Crippen LogP contribution in [0, 0.1) is 5.92 Å². The lowest BCUT2D eigenvalue weighted by atomic mass is 9.81. The van der Waals surface area contributed by atoms with E-state index in [0.717, 1.165) is 0 Å². The van der Waals surface area contributed by atoms with E-state index in [2.05, 4.69) is 0 Å². The first-order chi connectivity index (χ1) is 9.79. The molecule has 0 aliphatic heterocycles. The maximum Gasteiger partial charge on any atom is 0.450 e. The largest absolute Gasteiger partial charge is 0.508 e. The number of allylic oxidation sites excluding steroid dienone is 1. The van der Waals surface area contributed by atoms with E-state index in [0.29, 0.717) is 18.4 Å². The first-order valence-corrected chi connectivity index (χ1v) is 6.44. The zero-order chi connectivity index (χ0) is 15.6. The van der Waals surface area contributed by atoms with E-state index < -0.39 is 23.7 Å². The molecule has 0 amide bonds. The summed E-state index contributed by atoms with van der Waals surface area (Å²) in [7, 11) is 0. The second-order valence-corrected chi connectivity index (χ2v) is 4.93. The molecule has 1 aliphatic rings. The second kappa shape index (κ2) is 5.71. The van der Waals surface area contributed by atoms with Crippen LogP contribution >= 0.6 is 0 Å². The third-order valence-electron chi connectivity index (χ3n) is 3.40. The van der Waals surface area contributed by atoms with Crippen LogP contribution < -0.4 is 0 Å². The Morgan fingerprint density at radius 3 is 2.43 bits per heavy atom. The van der Waals surface area contributed by atoms with Gasteiger partial charge in [0, 0.05) is 0 Å². The molecule has 112 valence electrons. The minimum absolute atomic E-state index is 0.0530. The van der Waals surface area contributed by atoms with E-state index in [9.17, 15) is 22.8 Å². The highest BCUT2D eigenvalue weighted by molar-refractivity contribution is 6.14. The molecule has 1 aromatic carbocycles. The highest BCUT2D eigenvalue weighted by Crippen LogP contribution is 2.32. The average molecular weight is 298 g/mol. The van der Waals surface area contributed by atoms with E-state index >= 15 is 0 Å². The van der Waals surface area contributed by atoms with E-state index in [1.165, 1.54) is 18.2 Å². The van der Waals surface area contributed by atoms with Crippen molar-refractivity contribution in [3.8, 4) is 5.75 Å². The molecule has 0 saturated heterocycles. The number of benzene rings is 1. The average Bonchev–Trinajstić information content (AvgIpc) is 2.42. The normalized spacial score (nSPS) is 21.6. The van der Waals surface area contributed by atoms with Crippen LogP contribution in [0.25, 0.3) is 6.08 Å². The van der Waals surface area contributed by atoms with Crippen molar-refractivity contribution in [1.82, 2.24) is 0 Å². The maximum atomic E-state index is 12.5. The van der Waals surface area contributed by atoms with E-state index in [4.69, 9.17) is 5.11 Å². The van der Waals surface area contributed by atoms with Crippen molar-refractivity contribution in [2.45, 2.75) is 25.4 Å². The molecule has 2 rings (SSSR count). The monoisotopic (exact) mass is 298 g/mol. The molecule has 0 aromatic heterocycles. The number of carbonyl (C=O) groups excluding carboxylic acids is 2. The van der Waals surface area contributed by atoms with Crippen molar-refractivity contribution in [2.24, 2.45) is 5.92 Å². The summed E-state index contributed by atoms with van der Waals surface area (Å²) in [6.07, 6.45) is -2.87. The van der Waals surface area contributed by atoms with Gasteiger partial charge in [0.2, 0.25) is 5.78 Å². The van der Waals surface area contributed by atoms with Gasteiger partial charge in [0.05, 0.1) is 5.92 Å². The molecule has 1 unspecified atom stereocenters. The van der Waals surface area contributed by atoms with Crippen LogP contribution in [0.15, 0.2) is 29.8 Å². The molecular formula is C15H13F3O3. The fraction of sp³-hybridized carbons (Fsp3) is 0.333. The fourth-order valence-electron chi connectivity index (χ4n) is 2.34. The summed E-state index contributed by atoms with van der Waals surface area (Å²) in [6, 6.07) is 5.92. The molecule has 1 saturated carbocycles. The zero-order valence-corrected chi connectivity index (χ0v) is 11.0. The Morgan fingerprint density at radius 1 is 1.24 bits per heavy atom. The van der Waals surface area contributed by atoms with Crippen LogP contribution in [0.5, 0.6) is 5.75 Å². The summed E-state index contributed by atoms with van der Waals surface area (Å²) < 4.78 is 37.4. The quantitative estimate of drug-likeness (QED) is 0.673. The van der Waals surface area contributed by atoms with Gasteiger partial charge in [-0.1, -0.05) is 12.1 Å². The predicted molar refractivity (Wildman–Crippen MR) is 69.5 cm³/mol. The van der Waals surface area contributed by atoms with Crippen molar-refractivity contribution in [2.75, 3.05) is 0 Å². The summed E-state index contributed by atoms with van der Waals surface area (Å²) in [4.78, 5) is 23.3. The fourth-order valence-corrected chi connectivity index (χ4v) is 2.34. The van der Waals surface area contributed by atoms with Gasteiger partial charge >= 0.3 is 6.18 Å². The minimum Gasteiger partial charge on any atom is -0.508 e. The summed E-state index contributed by atoms with van der Waals surface area (Å²) >= 11 is 0. The summed E-state index contributed by atoms with van der Waals surface area (Å²) in [5, 5.41) is 9.16. The number of phenolic OH excluding ortho intramolecular Hbond substituents is 1. The number of alkyl halides is 3. The van der Waals surface area contributed by atoms with Gasteiger partial charge in [-0.3, -0.25) is 9.59 Å². The van der Waals surface area contributed by atoms with Gasteiger partial charge in [0.25, 0.3) is 0 Å². The Labute approximate surface area is 119 Å². The van der Waals surface area contributed by atoms with E-state index in [1.54, 1.807) is 12.1 Å². The number of ketones is 2. The summed E-state index contributed by atoms with van der Waals surface area (Å²) in [6.45, 7) is 0. The first kappa shape index (κ1) is 15.3. The number of rotatable bonds is 2. The number of hydrogen-bond acceptors (Lipinski definition) is 3. The SMILES string of the molecule is O=C1/C(=C/c2ccc(O)cc2)CCCC1C(=O)C(F)(F)F. The smallest absolute Gasteiger partial charge is 0.450 e. The van der Waals surface area contributed by atoms with Gasteiger partial charge in [-0.05, 0) is 48.6 Å². The molecule has 1 fully saturated rings. The molecule has 0 radical (unpaired) electrons. The first-order valence-electron chi connectivity index (χ1n) is 6.44. The number of phenols is 1. The zero-order valence-electron chi connectivity index (χ0n) is 11.0. The van der Waals surface area contributed by atoms with Gasteiger partial charge in [0.1, 0.15) is 5.75 Å². The highest BCUT2D eigenvalue weighted by Gasteiger charge is 2.47. The van der Waals surface area contributed by atoms with Crippen molar-refractivity contribution >= 4 is 17.6 Å². The number of carbonyl (C=O) groups is 2. The van der Waals surface area contributed by atoms with Gasteiger partial charge in [-0.15, -0.1) is 0 Å². The lowest BCUT2D eigenvalue weighted by Crippen LogP contribution is -2.37. The summed E-state index contributed by atoms with van der Waals surface area (Å²) in [5.74, 6) is -4.29. The van der Waals surface area contributed by atoms with Gasteiger partial charge in [-0.25, -0.2) is 0 Å². The van der Waals surface area contributed by atoms with Gasteiger partial charge in [0.15, 0.2) is 5.78 Å². The number of aromatic hydroxyl groups is 1. The second-order valence-electron chi connectivity index (χ2n) is 4.93. The molecule has 1 atom stereocenters. The van der Waals surface area contributed by atoms with Crippen LogP contribution in [-0.2, 0) is 9.59 Å². The minimum atomic E-state index is -4.98. The summed E-state index contributed by atoms with van der Waals surface area (Å²) in [5.41, 5.74) is 0.811. The van der Waals surface area contributed by atoms with Crippen molar-refractivity contribution in [1.29, 1.82) is 0 Å². The lowest BCUT2D eigenvalue weighted by Gasteiger charge is -2.22. The predicted octanol–water partition coefficient (Wildman–Crippen LogP) is 3.28. The Morgan fingerprint density at radius 2 is 1.86 bits per heavy atom. The topological polar surface area (TPSA) is 54.4 Å². The van der Waals surface area contributed by atoms with Crippen LogP contribution in [0.1, 0.15) is 24.8 Å². The van der Waals surface area contributed by atoms with Gasteiger partial charge < -0.3 is 5.11 Å². The Kier molecular flexibility index (Phi) is 4.16. The van der Waals surface area contributed by atoms with Crippen molar-refractivity contribution < 1.29 is 27.9 Å². The molecule has 0 spiro atoms. The molecule has 1 aromatic rings. The van der Waals surface area contributed by atoms with Crippen LogP contribution in [0.3, 0.4) is 0 Å². The number of halogens is 3. The number of hydrogen-bond donors (Lipinski definition) is 1. The van der Waals surface area contributed by atoms with Crippen molar-refractivity contribution in [3.63, 3.8) is 0 Å². The molecule has 6 heteroatoms. The molecule has 21 heavy (non-hydrogen) atoms. The molecule has 0 bridgehead atoms. The Balaban J connectivity index is 2.24. The lowest BCUT2D eigenvalue weighted by molar-refractivity contribution is -0.176. The third kappa shape index (κ3) is 3.51. The standard InChI is InChI=1S/C15H13F3O3/c16-15(17,18)14(21)12-3-1-2-10(13(12)20)8-9-4-6-11(19)7-5-9/h4-8,12,19H,1-3H2/b10-8+. The maximum absolute atomic E-state index is 12.5. The van der Waals surface area contributed by atoms with Crippen LogP contribution in [0.2, 0.25) is 0 Å². The number of Topliss-reactive ketones (excluding diaryl/α,β-unsaturated/α-hetero) is 2. The Bertz CT molecular complexity index is 585. The molecular weight excluding hydrogens is 285 g/mol. The Hall–Kier alpha value is -2.11. The van der Waals surface area contributed by atoms with Gasteiger partial charge in [-0.2, -0.15) is 13.2 Å². The molecule has 0 heterocycles. The van der Waals surface area contributed by atoms with Crippen LogP contribution in [-0.4, -0.2) is 22.8 Å². The van der Waals surface area contributed by atoms with Crippen molar-refractivity contribution in [3.05, 3.63) is 35.4 Å². The highest BCUT2D eigenvalue weighted by atomic mass is 19.4. The van der Waals surface area contributed by atoms with E-state index in [1.807, 2.05) is 0 Å². The molecule has 1 N–H and O–H groups in total. The van der Waals surface area contributed by atoms with E-state index in [-0.39, 0.29) is 17.7 Å².